The molecule has 6 nitrogen and oxygen atoms in total. The fourth-order valence-corrected chi connectivity index (χ4v) is 4.56. The Hall–Kier alpha value is -2.06. The summed E-state index contributed by atoms with van der Waals surface area (Å²) in [6.45, 7) is 1.06. The molecule has 0 saturated heterocycles. The molecule has 1 aliphatic rings. The van der Waals surface area contributed by atoms with Crippen molar-refractivity contribution in [1.29, 1.82) is 0 Å². The Morgan fingerprint density at radius 3 is 2.46 bits per heavy atom. The van der Waals surface area contributed by atoms with Crippen LogP contribution in [-0.2, 0) is 26.1 Å². The lowest BCUT2D eigenvalue weighted by Gasteiger charge is -2.26. The summed E-state index contributed by atoms with van der Waals surface area (Å²) < 4.78 is 53.4. The Kier molecular flexibility index (Phi) is 4.98. The van der Waals surface area contributed by atoms with Crippen molar-refractivity contribution in [2.75, 3.05) is 31.0 Å². The van der Waals surface area contributed by atoms with Gasteiger partial charge in [-0.25, -0.2) is 16.8 Å². The lowest BCUT2D eigenvalue weighted by atomic mass is 9.97. The van der Waals surface area contributed by atoms with Gasteiger partial charge in [0.15, 0.2) is 19.7 Å². The number of para-hydroxylation sites is 1. The van der Waals surface area contributed by atoms with Gasteiger partial charge in [-0.2, -0.15) is 0 Å². The molecule has 0 fully saturated rings. The van der Waals surface area contributed by atoms with Gasteiger partial charge in [-0.3, -0.25) is 0 Å². The van der Waals surface area contributed by atoms with E-state index in [9.17, 15) is 16.8 Å². The molecular formula is C18H21NO5S2. The SMILES string of the molecule is CS(=O)(=O)c1ccc(NCC2COc3ccccc3C2)c(S(C)(=O)=O)c1. The lowest BCUT2D eigenvalue weighted by molar-refractivity contribution is 0.229. The number of benzene rings is 2. The van der Waals surface area contributed by atoms with Crippen LogP contribution in [-0.4, -0.2) is 42.5 Å². The quantitative estimate of drug-likeness (QED) is 0.834. The zero-order valence-corrected chi connectivity index (χ0v) is 16.2. The summed E-state index contributed by atoms with van der Waals surface area (Å²) >= 11 is 0. The predicted octanol–water partition coefficient (Wildman–Crippen LogP) is 2.16. The second kappa shape index (κ2) is 6.92. The summed E-state index contributed by atoms with van der Waals surface area (Å²) in [6, 6.07) is 12.0. The van der Waals surface area contributed by atoms with Crippen molar-refractivity contribution < 1.29 is 21.6 Å². The summed E-state index contributed by atoms with van der Waals surface area (Å²) in [5, 5.41) is 3.15. The first-order chi connectivity index (χ1) is 12.1. The fourth-order valence-electron chi connectivity index (χ4n) is 2.96. The normalized spacial score (nSPS) is 17.2. The van der Waals surface area contributed by atoms with Crippen LogP contribution in [0.1, 0.15) is 5.56 Å². The van der Waals surface area contributed by atoms with E-state index in [0.717, 1.165) is 30.2 Å². The molecule has 1 heterocycles. The maximum absolute atomic E-state index is 12.1. The number of nitrogens with one attached hydrogen (secondary N) is 1. The molecule has 140 valence electrons. The Morgan fingerprint density at radius 1 is 1.04 bits per heavy atom. The smallest absolute Gasteiger partial charge is 0.177 e. The maximum Gasteiger partial charge on any atom is 0.177 e. The van der Waals surface area contributed by atoms with Crippen molar-refractivity contribution >= 4 is 25.4 Å². The number of hydrogen-bond acceptors (Lipinski definition) is 6. The molecule has 0 saturated carbocycles. The van der Waals surface area contributed by atoms with Gasteiger partial charge in [-0.05, 0) is 36.2 Å². The second-order valence-corrected chi connectivity index (χ2v) is 10.6. The molecule has 26 heavy (non-hydrogen) atoms. The third kappa shape index (κ3) is 4.19. The molecule has 1 aliphatic heterocycles. The molecule has 2 aromatic carbocycles. The van der Waals surface area contributed by atoms with Crippen molar-refractivity contribution in [2.45, 2.75) is 16.2 Å². The van der Waals surface area contributed by atoms with Gasteiger partial charge in [0.25, 0.3) is 0 Å². The number of ether oxygens (including phenoxy) is 1. The van der Waals surface area contributed by atoms with Gasteiger partial charge >= 0.3 is 0 Å². The molecule has 2 aromatic rings. The van der Waals surface area contributed by atoms with E-state index >= 15 is 0 Å². The summed E-state index contributed by atoms with van der Waals surface area (Å²) in [7, 11) is -7.06. The molecule has 0 aliphatic carbocycles. The Balaban J connectivity index is 1.80. The second-order valence-electron chi connectivity index (χ2n) is 6.57. The molecule has 0 bridgehead atoms. The zero-order valence-electron chi connectivity index (χ0n) is 14.6. The third-order valence-corrected chi connectivity index (χ3v) is 6.56. The minimum atomic E-state index is -3.58. The summed E-state index contributed by atoms with van der Waals surface area (Å²) in [6.07, 6.45) is 2.96. The molecular weight excluding hydrogens is 374 g/mol. The first-order valence-electron chi connectivity index (χ1n) is 8.13. The average molecular weight is 396 g/mol. The fraction of sp³-hybridized carbons (Fsp3) is 0.333. The highest BCUT2D eigenvalue weighted by Crippen LogP contribution is 2.29. The van der Waals surface area contributed by atoms with Crippen molar-refractivity contribution in [1.82, 2.24) is 0 Å². The number of sulfone groups is 2. The molecule has 0 radical (unpaired) electrons. The van der Waals surface area contributed by atoms with Crippen molar-refractivity contribution in [3.8, 4) is 5.75 Å². The first-order valence-corrected chi connectivity index (χ1v) is 11.9. The Morgan fingerprint density at radius 2 is 1.77 bits per heavy atom. The number of rotatable bonds is 5. The van der Waals surface area contributed by atoms with Crippen LogP contribution in [0.4, 0.5) is 5.69 Å². The van der Waals surface area contributed by atoms with Gasteiger partial charge in [0.1, 0.15) is 5.75 Å². The van der Waals surface area contributed by atoms with E-state index < -0.39 is 19.7 Å². The van der Waals surface area contributed by atoms with Gasteiger partial charge < -0.3 is 10.1 Å². The van der Waals surface area contributed by atoms with Crippen LogP contribution < -0.4 is 10.1 Å². The zero-order chi connectivity index (χ0) is 18.9. The van der Waals surface area contributed by atoms with E-state index in [1.165, 1.54) is 18.2 Å². The molecule has 8 heteroatoms. The van der Waals surface area contributed by atoms with E-state index in [-0.39, 0.29) is 15.7 Å². The predicted molar refractivity (Wildman–Crippen MR) is 100 cm³/mol. The van der Waals surface area contributed by atoms with Crippen LogP contribution >= 0.6 is 0 Å². The van der Waals surface area contributed by atoms with Crippen molar-refractivity contribution in [3.63, 3.8) is 0 Å². The summed E-state index contributed by atoms with van der Waals surface area (Å²) in [5.74, 6) is 1.07. The molecule has 0 spiro atoms. The highest BCUT2D eigenvalue weighted by Gasteiger charge is 2.22. The molecule has 0 aromatic heterocycles. The summed E-state index contributed by atoms with van der Waals surface area (Å²) in [5.41, 5.74) is 1.53. The standard InChI is InChI=1S/C18H21NO5S2/c1-25(20,21)15-7-8-16(18(10-15)26(2,22)23)19-11-13-9-14-5-3-4-6-17(14)24-12-13/h3-8,10,13,19H,9,11-12H2,1-2H3. The summed E-state index contributed by atoms with van der Waals surface area (Å²) in [4.78, 5) is -0.0315. The number of anilines is 1. The Labute approximate surface area is 154 Å². The van der Waals surface area contributed by atoms with Crippen molar-refractivity contribution in [2.24, 2.45) is 5.92 Å². The van der Waals surface area contributed by atoms with Crippen LogP contribution in [0.15, 0.2) is 52.3 Å². The van der Waals surface area contributed by atoms with Gasteiger partial charge in [0, 0.05) is 25.0 Å². The van der Waals surface area contributed by atoms with E-state index in [1.807, 2.05) is 24.3 Å². The highest BCUT2D eigenvalue weighted by atomic mass is 32.2. The van der Waals surface area contributed by atoms with Crippen molar-refractivity contribution in [3.05, 3.63) is 48.0 Å². The maximum atomic E-state index is 12.1. The minimum absolute atomic E-state index is 0.0154. The van der Waals surface area contributed by atoms with Gasteiger partial charge in [-0.15, -0.1) is 0 Å². The average Bonchev–Trinajstić information content (AvgIpc) is 2.58. The third-order valence-electron chi connectivity index (χ3n) is 4.32. The van der Waals surface area contributed by atoms with Crippen LogP contribution in [0.2, 0.25) is 0 Å². The van der Waals surface area contributed by atoms with Gasteiger partial charge in [0.05, 0.1) is 22.1 Å². The topological polar surface area (TPSA) is 89.5 Å². The Bertz CT molecular complexity index is 1030. The molecule has 0 amide bonds. The first kappa shape index (κ1) is 18.7. The van der Waals surface area contributed by atoms with Crippen LogP contribution in [0, 0.1) is 5.92 Å². The van der Waals surface area contributed by atoms with E-state index in [0.29, 0.717) is 18.8 Å². The van der Waals surface area contributed by atoms with E-state index in [4.69, 9.17) is 4.74 Å². The largest absolute Gasteiger partial charge is 0.493 e. The number of fused-ring (bicyclic) bond motifs is 1. The van der Waals surface area contributed by atoms with Gasteiger partial charge in [-0.1, -0.05) is 18.2 Å². The monoisotopic (exact) mass is 395 g/mol. The lowest BCUT2D eigenvalue weighted by Crippen LogP contribution is -2.27. The molecule has 1 unspecified atom stereocenters. The minimum Gasteiger partial charge on any atom is -0.493 e. The van der Waals surface area contributed by atoms with Gasteiger partial charge in [0.2, 0.25) is 0 Å². The van der Waals surface area contributed by atoms with Crippen LogP contribution in [0.5, 0.6) is 5.75 Å². The van der Waals surface area contributed by atoms with Crippen LogP contribution in [0.25, 0.3) is 0 Å². The molecule has 1 atom stereocenters. The van der Waals surface area contributed by atoms with Crippen LogP contribution in [0.3, 0.4) is 0 Å². The van der Waals surface area contributed by atoms with E-state index in [2.05, 4.69) is 5.32 Å². The van der Waals surface area contributed by atoms with E-state index in [1.54, 1.807) is 0 Å². The molecule has 3 rings (SSSR count). The number of hydrogen-bond donors (Lipinski definition) is 1. The molecule has 1 N–H and O–H groups in total. The highest BCUT2D eigenvalue weighted by molar-refractivity contribution is 7.91.